The lowest BCUT2D eigenvalue weighted by atomic mass is 9.76. The summed E-state index contributed by atoms with van der Waals surface area (Å²) in [6.45, 7) is 4.88. The standard InChI is InChI=1S/C25H32FN5O3/c1-17-28-23(34-29-17)21-14-25(9-12-30(13-10-25)24(33)19-4-5-19)16-31(21)15-22(32)27-11-8-18-2-6-20(26)7-3-18/h2-3,6-7,19,21H,4-5,8-16H2,1H3,(H,27,32). The van der Waals surface area contributed by atoms with Crippen LogP contribution in [0.3, 0.4) is 0 Å². The molecule has 1 unspecified atom stereocenters. The van der Waals surface area contributed by atoms with Gasteiger partial charge in [0.25, 0.3) is 0 Å². The summed E-state index contributed by atoms with van der Waals surface area (Å²) in [6, 6.07) is 6.23. The van der Waals surface area contributed by atoms with E-state index in [-0.39, 0.29) is 35.6 Å². The van der Waals surface area contributed by atoms with Crippen LogP contribution < -0.4 is 5.32 Å². The lowest BCUT2D eigenvalue weighted by molar-refractivity contribution is -0.134. The first-order valence-electron chi connectivity index (χ1n) is 12.2. The Morgan fingerprint density at radius 2 is 1.94 bits per heavy atom. The highest BCUT2D eigenvalue weighted by Crippen LogP contribution is 2.49. The summed E-state index contributed by atoms with van der Waals surface area (Å²) in [4.78, 5) is 33.9. The number of rotatable bonds is 7. The molecule has 2 aliphatic heterocycles. The molecule has 1 saturated carbocycles. The maximum atomic E-state index is 13.1. The fourth-order valence-electron chi connectivity index (χ4n) is 5.39. The number of benzene rings is 1. The van der Waals surface area contributed by atoms with Gasteiger partial charge in [0.05, 0.1) is 12.6 Å². The smallest absolute Gasteiger partial charge is 0.244 e. The van der Waals surface area contributed by atoms with E-state index in [1.807, 2.05) is 4.90 Å². The second kappa shape index (κ2) is 9.44. The fourth-order valence-corrected chi connectivity index (χ4v) is 5.39. The molecule has 1 spiro atoms. The minimum absolute atomic E-state index is 0.0434. The number of likely N-dealkylation sites (tertiary alicyclic amines) is 2. The van der Waals surface area contributed by atoms with Gasteiger partial charge in [0, 0.05) is 32.1 Å². The van der Waals surface area contributed by atoms with Crippen molar-refractivity contribution < 1.29 is 18.5 Å². The fraction of sp³-hybridized carbons (Fsp3) is 0.600. The van der Waals surface area contributed by atoms with Crippen LogP contribution >= 0.6 is 0 Å². The van der Waals surface area contributed by atoms with Gasteiger partial charge in [-0.05, 0) is 68.6 Å². The van der Waals surface area contributed by atoms with Crippen LogP contribution in [0.1, 0.15) is 55.4 Å². The number of aromatic nitrogens is 2. The predicted molar refractivity (Wildman–Crippen MR) is 122 cm³/mol. The summed E-state index contributed by atoms with van der Waals surface area (Å²) in [5.74, 6) is 1.40. The van der Waals surface area contributed by atoms with Gasteiger partial charge in [-0.3, -0.25) is 14.5 Å². The van der Waals surface area contributed by atoms with E-state index in [0.29, 0.717) is 30.6 Å². The quantitative estimate of drug-likeness (QED) is 0.670. The maximum Gasteiger partial charge on any atom is 0.244 e. The Morgan fingerprint density at radius 3 is 2.59 bits per heavy atom. The molecule has 3 fully saturated rings. The molecule has 0 radical (unpaired) electrons. The number of hydrogen-bond donors (Lipinski definition) is 1. The van der Waals surface area contributed by atoms with E-state index in [4.69, 9.17) is 4.52 Å². The first kappa shape index (κ1) is 23.0. The Kier molecular flexibility index (Phi) is 6.38. The van der Waals surface area contributed by atoms with Crippen molar-refractivity contribution in [3.05, 3.63) is 47.4 Å². The minimum Gasteiger partial charge on any atom is -0.355 e. The van der Waals surface area contributed by atoms with E-state index in [0.717, 1.165) is 57.3 Å². The number of amides is 2. The van der Waals surface area contributed by atoms with Crippen LogP contribution in [0.4, 0.5) is 4.39 Å². The van der Waals surface area contributed by atoms with Gasteiger partial charge in [-0.1, -0.05) is 17.3 Å². The van der Waals surface area contributed by atoms with Crippen molar-refractivity contribution in [3.8, 4) is 0 Å². The topological polar surface area (TPSA) is 91.6 Å². The number of carbonyl (C=O) groups excluding carboxylic acids is 2. The first-order valence-corrected chi connectivity index (χ1v) is 12.2. The zero-order valence-corrected chi connectivity index (χ0v) is 19.6. The van der Waals surface area contributed by atoms with E-state index < -0.39 is 0 Å². The molecule has 1 aliphatic carbocycles. The van der Waals surface area contributed by atoms with Crippen molar-refractivity contribution in [2.24, 2.45) is 11.3 Å². The predicted octanol–water partition coefficient (Wildman–Crippen LogP) is 2.64. The van der Waals surface area contributed by atoms with Crippen LogP contribution in [0.25, 0.3) is 0 Å². The molecule has 182 valence electrons. The number of aryl methyl sites for hydroxylation is 1. The lowest BCUT2D eigenvalue weighted by Crippen LogP contribution is -2.45. The van der Waals surface area contributed by atoms with Gasteiger partial charge < -0.3 is 14.7 Å². The van der Waals surface area contributed by atoms with Crippen LogP contribution in [0.15, 0.2) is 28.8 Å². The third-order valence-corrected chi connectivity index (χ3v) is 7.49. The third-order valence-electron chi connectivity index (χ3n) is 7.49. The molecular formula is C25H32FN5O3. The number of nitrogens with one attached hydrogen (secondary N) is 1. The zero-order chi connectivity index (χ0) is 23.7. The monoisotopic (exact) mass is 469 g/mol. The van der Waals surface area contributed by atoms with E-state index in [1.165, 1.54) is 12.1 Å². The summed E-state index contributed by atoms with van der Waals surface area (Å²) >= 11 is 0. The van der Waals surface area contributed by atoms with Crippen LogP contribution in [0.2, 0.25) is 0 Å². The Balaban J connectivity index is 1.20. The zero-order valence-electron chi connectivity index (χ0n) is 19.6. The van der Waals surface area contributed by atoms with Crippen molar-refractivity contribution in [2.75, 3.05) is 32.7 Å². The van der Waals surface area contributed by atoms with Crippen molar-refractivity contribution in [2.45, 2.75) is 51.5 Å². The van der Waals surface area contributed by atoms with Gasteiger partial charge in [-0.2, -0.15) is 4.98 Å². The van der Waals surface area contributed by atoms with E-state index in [2.05, 4.69) is 20.4 Å². The highest BCUT2D eigenvalue weighted by molar-refractivity contribution is 5.81. The molecule has 1 aromatic heterocycles. The molecule has 2 amide bonds. The van der Waals surface area contributed by atoms with E-state index in [9.17, 15) is 14.0 Å². The van der Waals surface area contributed by atoms with Crippen molar-refractivity contribution in [3.63, 3.8) is 0 Å². The normalized spacial score (nSPS) is 22.3. The van der Waals surface area contributed by atoms with E-state index in [1.54, 1.807) is 19.1 Å². The summed E-state index contributed by atoms with van der Waals surface area (Å²) in [5, 5.41) is 6.96. The second-order valence-corrected chi connectivity index (χ2v) is 10.1. The van der Waals surface area contributed by atoms with Crippen molar-refractivity contribution in [1.29, 1.82) is 0 Å². The molecule has 1 aromatic carbocycles. The Hall–Kier alpha value is -2.81. The summed E-state index contributed by atoms with van der Waals surface area (Å²) in [6.07, 6.45) is 5.41. The van der Waals surface area contributed by atoms with Crippen LogP contribution in [-0.2, 0) is 16.0 Å². The molecule has 1 atom stereocenters. The van der Waals surface area contributed by atoms with Gasteiger partial charge >= 0.3 is 0 Å². The molecule has 2 saturated heterocycles. The average Bonchev–Trinajstić information content (AvgIpc) is 3.50. The maximum absolute atomic E-state index is 13.1. The average molecular weight is 470 g/mol. The van der Waals surface area contributed by atoms with Gasteiger partial charge in [0.1, 0.15) is 5.82 Å². The van der Waals surface area contributed by atoms with Gasteiger partial charge in [-0.25, -0.2) is 4.39 Å². The Labute approximate surface area is 198 Å². The molecule has 9 heteroatoms. The molecule has 3 heterocycles. The van der Waals surface area contributed by atoms with Crippen molar-refractivity contribution in [1.82, 2.24) is 25.3 Å². The van der Waals surface area contributed by atoms with Crippen LogP contribution in [0, 0.1) is 24.1 Å². The molecule has 0 bridgehead atoms. The number of nitrogens with zero attached hydrogens (tertiary/aromatic N) is 4. The van der Waals surface area contributed by atoms with Gasteiger partial charge in [0.2, 0.25) is 17.7 Å². The van der Waals surface area contributed by atoms with Crippen LogP contribution in [-0.4, -0.2) is 64.5 Å². The highest BCUT2D eigenvalue weighted by atomic mass is 19.1. The van der Waals surface area contributed by atoms with Gasteiger partial charge in [-0.15, -0.1) is 0 Å². The molecule has 5 rings (SSSR count). The minimum atomic E-state index is -0.263. The first-order chi connectivity index (χ1) is 16.4. The summed E-state index contributed by atoms with van der Waals surface area (Å²) < 4.78 is 18.6. The molecule has 8 nitrogen and oxygen atoms in total. The number of carbonyl (C=O) groups is 2. The highest BCUT2D eigenvalue weighted by Gasteiger charge is 2.49. The molecule has 3 aliphatic rings. The number of hydrogen-bond acceptors (Lipinski definition) is 6. The molecular weight excluding hydrogens is 437 g/mol. The summed E-state index contributed by atoms with van der Waals surface area (Å²) in [5.41, 5.74) is 1.02. The van der Waals surface area contributed by atoms with E-state index >= 15 is 0 Å². The Bertz CT molecular complexity index is 1030. The Morgan fingerprint density at radius 1 is 1.21 bits per heavy atom. The molecule has 34 heavy (non-hydrogen) atoms. The summed E-state index contributed by atoms with van der Waals surface area (Å²) in [7, 11) is 0. The second-order valence-electron chi connectivity index (χ2n) is 10.1. The number of piperidine rings is 1. The third kappa shape index (κ3) is 5.14. The van der Waals surface area contributed by atoms with Gasteiger partial charge in [0.15, 0.2) is 5.82 Å². The molecule has 2 aromatic rings. The SMILES string of the molecule is Cc1noc(C2CC3(CCN(C(=O)C4CC4)CC3)CN2CC(=O)NCCc2ccc(F)cc2)n1. The van der Waals surface area contributed by atoms with Crippen molar-refractivity contribution >= 4 is 11.8 Å². The number of halogens is 1. The van der Waals surface area contributed by atoms with Crippen LogP contribution in [0.5, 0.6) is 0 Å². The lowest BCUT2D eigenvalue weighted by Gasteiger charge is -2.39. The molecule has 1 N–H and O–H groups in total. The largest absolute Gasteiger partial charge is 0.355 e.